The molecule has 1 aromatic heterocycles. The lowest BCUT2D eigenvalue weighted by molar-refractivity contribution is -0.124. The molecule has 1 saturated heterocycles. The van der Waals surface area contributed by atoms with Crippen LogP contribution in [-0.4, -0.2) is 35.4 Å². The first kappa shape index (κ1) is 14.5. The second-order valence-electron chi connectivity index (χ2n) is 5.31. The molecule has 1 aliphatic heterocycles. The second-order valence-corrected chi connectivity index (χ2v) is 5.31. The summed E-state index contributed by atoms with van der Waals surface area (Å²) in [6.45, 7) is 3.34. The average molecular weight is 297 g/mol. The summed E-state index contributed by atoms with van der Waals surface area (Å²) in [4.78, 5) is 17.7. The summed E-state index contributed by atoms with van der Waals surface area (Å²) in [7, 11) is 0. The zero-order valence-electron chi connectivity index (χ0n) is 12.4. The lowest BCUT2D eigenvalue weighted by Gasteiger charge is -2.26. The Kier molecular flexibility index (Phi) is 4.65. The molecule has 0 aliphatic carbocycles. The van der Waals surface area contributed by atoms with Gasteiger partial charge in [0.15, 0.2) is 0 Å². The lowest BCUT2D eigenvalue weighted by atomic mass is 10.2. The van der Waals surface area contributed by atoms with Crippen molar-refractivity contribution in [3.63, 3.8) is 0 Å². The predicted octanol–water partition coefficient (Wildman–Crippen LogP) is 1.59. The van der Waals surface area contributed by atoms with Gasteiger partial charge in [0.2, 0.25) is 5.91 Å². The lowest BCUT2D eigenvalue weighted by Crippen LogP contribution is -2.47. The van der Waals surface area contributed by atoms with Crippen molar-refractivity contribution in [1.82, 2.24) is 15.2 Å². The molecule has 2 heterocycles. The van der Waals surface area contributed by atoms with Crippen molar-refractivity contribution in [3.8, 4) is 5.75 Å². The van der Waals surface area contributed by atoms with E-state index in [0.717, 1.165) is 31.1 Å². The maximum absolute atomic E-state index is 11.4. The van der Waals surface area contributed by atoms with E-state index in [1.54, 1.807) is 6.20 Å². The van der Waals surface area contributed by atoms with Crippen LogP contribution in [0, 0.1) is 0 Å². The molecular formula is C17H19N3O2. The van der Waals surface area contributed by atoms with Crippen molar-refractivity contribution in [1.29, 1.82) is 0 Å². The fourth-order valence-corrected chi connectivity index (χ4v) is 2.42. The zero-order chi connectivity index (χ0) is 15.2. The molecule has 3 rings (SSSR count). The van der Waals surface area contributed by atoms with Crippen LogP contribution in [0.3, 0.4) is 0 Å². The summed E-state index contributed by atoms with van der Waals surface area (Å²) in [5, 5.41) is 2.83. The van der Waals surface area contributed by atoms with Gasteiger partial charge >= 0.3 is 0 Å². The number of rotatable bonds is 5. The molecule has 0 atom stereocenters. The van der Waals surface area contributed by atoms with Gasteiger partial charge in [0, 0.05) is 25.8 Å². The van der Waals surface area contributed by atoms with Gasteiger partial charge in [-0.2, -0.15) is 0 Å². The molecule has 114 valence electrons. The monoisotopic (exact) mass is 297 g/mol. The Morgan fingerprint density at radius 3 is 2.77 bits per heavy atom. The molecule has 5 nitrogen and oxygen atoms in total. The van der Waals surface area contributed by atoms with Crippen molar-refractivity contribution in [2.75, 3.05) is 19.6 Å². The maximum Gasteiger partial charge on any atom is 0.234 e. The normalized spacial score (nSPS) is 15.4. The Morgan fingerprint density at radius 1 is 1.18 bits per heavy atom. The van der Waals surface area contributed by atoms with Crippen LogP contribution in [0.1, 0.15) is 11.3 Å². The quantitative estimate of drug-likeness (QED) is 0.910. The fraction of sp³-hybridized carbons (Fsp3) is 0.294. The van der Waals surface area contributed by atoms with Crippen molar-refractivity contribution >= 4 is 5.91 Å². The van der Waals surface area contributed by atoms with Gasteiger partial charge in [-0.15, -0.1) is 0 Å². The van der Waals surface area contributed by atoms with Crippen molar-refractivity contribution in [2.24, 2.45) is 0 Å². The number of aromatic nitrogens is 1. The highest BCUT2D eigenvalue weighted by Crippen LogP contribution is 2.15. The molecule has 1 N–H and O–H groups in total. The number of hydrogen-bond donors (Lipinski definition) is 1. The van der Waals surface area contributed by atoms with E-state index < -0.39 is 0 Å². The molecule has 0 unspecified atom stereocenters. The molecule has 22 heavy (non-hydrogen) atoms. The molecule has 0 saturated carbocycles. The Balaban J connectivity index is 1.52. The number of benzene rings is 1. The summed E-state index contributed by atoms with van der Waals surface area (Å²) in [6.07, 6.45) is 1.76. The van der Waals surface area contributed by atoms with Gasteiger partial charge in [0.25, 0.3) is 0 Å². The molecule has 1 aromatic carbocycles. The molecule has 5 heteroatoms. The molecular weight excluding hydrogens is 278 g/mol. The number of pyridine rings is 1. The molecule has 0 spiro atoms. The minimum Gasteiger partial charge on any atom is -0.487 e. The van der Waals surface area contributed by atoms with Gasteiger partial charge in [-0.25, -0.2) is 0 Å². The average Bonchev–Trinajstić information content (AvgIpc) is 2.55. The Hall–Kier alpha value is -2.40. The summed E-state index contributed by atoms with van der Waals surface area (Å²) in [6, 6.07) is 13.8. The van der Waals surface area contributed by atoms with Gasteiger partial charge in [-0.1, -0.05) is 18.2 Å². The van der Waals surface area contributed by atoms with Gasteiger partial charge < -0.3 is 10.1 Å². The Labute approximate surface area is 129 Å². The van der Waals surface area contributed by atoms with E-state index in [4.69, 9.17) is 4.74 Å². The first-order valence-electron chi connectivity index (χ1n) is 7.40. The molecule has 1 aliphatic rings. The van der Waals surface area contributed by atoms with E-state index in [1.165, 1.54) is 5.56 Å². The number of nitrogens with zero attached hydrogens (tertiary/aromatic N) is 2. The van der Waals surface area contributed by atoms with Crippen LogP contribution in [0.25, 0.3) is 0 Å². The summed E-state index contributed by atoms with van der Waals surface area (Å²) >= 11 is 0. The van der Waals surface area contributed by atoms with Crippen LogP contribution < -0.4 is 10.1 Å². The van der Waals surface area contributed by atoms with Crippen LogP contribution in [0.5, 0.6) is 5.75 Å². The van der Waals surface area contributed by atoms with Gasteiger partial charge in [-0.3, -0.25) is 14.7 Å². The highest BCUT2D eigenvalue weighted by molar-refractivity contribution is 5.78. The summed E-state index contributed by atoms with van der Waals surface area (Å²) < 4.78 is 5.71. The van der Waals surface area contributed by atoms with E-state index in [1.807, 2.05) is 42.5 Å². The van der Waals surface area contributed by atoms with Crippen LogP contribution in [0.4, 0.5) is 0 Å². The first-order chi connectivity index (χ1) is 10.8. The van der Waals surface area contributed by atoms with Crippen molar-refractivity contribution < 1.29 is 9.53 Å². The summed E-state index contributed by atoms with van der Waals surface area (Å²) in [5.74, 6) is 0.923. The third-order valence-corrected chi connectivity index (χ3v) is 3.56. The number of hydrogen-bond acceptors (Lipinski definition) is 4. The van der Waals surface area contributed by atoms with Crippen LogP contribution in [0.15, 0.2) is 48.7 Å². The van der Waals surface area contributed by atoms with Crippen LogP contribution in [0.2, 0.25) is 0 Å². The van der Waals surface area contributed by atoms with E-state index >= 15 is 0 Å². The van der Waals surface area contributed by atoms with Crippen molar-refractivity contribution in [2.45, 2.75) is 13.2 Å². The molecule has 0 bridgehead atoms. The molecule has 1 fully saturated rings. The van der Waals surface area contributed by atoms with Gasteiger partial charge in [-0.05, 0) is 29.8 Å². The van der Waals surface area contributed by atoms with E-state index in [0.29, 0.717) is 13.2 Å². The van der Waals surface area contributed by atoms with Crippen molar-refractivity contribution in [3.05, 3.63) is 59.9 Å². The number of nitrogens with one attached hydrogen (secondary N) is 1. The minimum absolute atomic E-state index is 0.0987. The third kappa shape index (κ3) is 4.05. The first-order valence-corrected chi connectivity index (χ1v) is 7.40. The second kappa shape index (κ2) is 7.04. The van der Waals surface area contributed by atoms with Crippen LogP contribution >= 0.6 is 0 Å². The number of carbonyl (C=O) groups is 1. The maximum atomic E-state index is 11.4. The smallest absolute Gasteiger partial charge is 0.234 e. The minimum atomic E-state index is 0.0987. The molecule has 2 aromatic rings. The highest BCUT2D eigenvalue weighted by atomic mass is 16.5. The predicted molar refractivity (Wildman–Crippen MR) is 83.3 cm³/mol. The molecule has 0 radical (unpaired) electrons. The summed E-state index contributed by atoms with van der Waals surface area (Å²) in [5.41, 5.74) is 2.09. The number of carbonyl (C=O) groups excluding carboxylic acids is 1. The SMILES string of the molecule is O=C1CN(Cc2ccc(OCc3ccccn3)cc2)CCN1. The largest absolute Gasteiger partial charge is 0.487 e. The highest BCUT2D eigenvalue weighted by Gasteiger charge is 2.15. The fourth-order valence-electron chi connectivity index (χ4n) is 2.42. The third-order valence-electron chi connectivity index (χ3n) is 3.56. The molecule has 1 amide bonds. The van der Waals surface area contributed by atoms with E-state index in [-0.39, 0.29) is 5.91 Å². The topological polar surface area (TPSA) is 54.5 Å². The zero-order valence-corrected chi connectivity index (χ0v) is 12.4. The van der Waals surface area contributed by atoms with E-state index in [2.05, 4.69) is 15.2 Å². The van der Waals surface area contributed by atoms with Crippen LogP contribution in [-0.2, 0) is 17.9 Å². The number of piperazine rings is 1. The number of ether oxygens (including phenoxy) is 1. The number of amides is 1. The van der Waals surface area contributed by atoms with Gasteiger partial charge in [0.1, 0.15) is 12.4 Å². The Morgan fingerprint density at radius 2 is 2.05 bits per heavy atom. The van der Waals surface area contributed by atoms with E-state index in [9.17, 15) is 4.79 Å². The van der Waals surface area contributed by atoms with Gasteiger partial charge in [0.05, 0.1) is 12.2 Å². The standard InChI is InChI=1S/C17H19N3O2/c21-17-12-20(10-9-19-17)11-14-4-6-16(7-5-14)22-13-15-3-1-2-8-18-15/h1-8H,9-13H2,(H,19,21). The Bertz CT molecular complexity index is 614.